The zero-order valence-corrected chi connectivity index (χ0v) is 14.2. The third kappa shape index (κ3) is 3.36. The summed E-state index contributed by atoms with van der Waals surface area (Å²) in [5, 5.41) is 14.4. The highest BCUT2D eigenvalue weighted by Gasteiger charge is 2.19. The van der Waals surface area contributed by atoms with Gasteiger partial charge < -0.3 is 5.32 Å². The summed E-state index contributed by atoms with van der Waals surface area (Å²) in [4.78, 5) is 23.1. The minimum absolute atomic E-state index is 0.188. The quantitative estimate of drug-likeness (QED) is 0.506. The van der Waals surface area contributed by atoms with Crippen LogP contribution in [0.25, 0.3) is 10.1 Å². The van der Waals surface area contributed by atoms with Gasteiger partial charge in [-0.05, 0) is 29.5 Å². The zero-order valence-electron chi connectivity index (χ0n) is 13.4. The Morgan fingerprint density at radius 2 is 2.04 bits per heavy atom. The third-order valence-electron chi connectivity index (χ3n) is 3.81. The largest absolute Gasteiger partial charge is 0.321 e. The molecule has 1 N–H and O–H groups in total. The fourth-order valence-electron chi connectivity index (χ4n) is 2.70. The molecule has 0 atom stereocenters. The lowest BCUT2D eigenvalue weighted by Crippen LogP contribution is -2.12. The van der Waals surface area contributed by atoms with Crippen molar-refractivity contribution in [2.45, 2.75) is 19.8 Å². The zero-order chi connectivity index (χ0) is 18.0. The van der Waals surface area contributed by atoms with Crippen molar-refractivity contribution in [3.63, 3.8) is 0 Å². The topological polar surface area (TPSA) is 72.2 Å². The van der Waals surface area contributed by atoms with Crippen molar-refractivity contribution >= 4 is 38.7 Å². The van der Waals surface area contributed by atoms with Gasteiger partial charge in [0.25, 0.3) is 5.91 Å². The van der Waals surface area contributed by atoms with Crippen LogP contribution in [0.1, 0.15) is 28.6 Å². The molecule has 3 aromatic rings. The fourth-order valence-corrected chi connectivity index (χ4v) is 3.85. The lowest BCUT2D eigenvalue weighted by Gasteiger charge is -2.06. The second kappa shape index (κ2) is 6.98. The molecule has 0 aliphatic rings. The summed E-state index contributed by atoms with van der Waals surface area (Å²) in [5.74, 6) is -1.31. The van der Waals surface area contributed by atoms with Crippen LogP contribution in [-0.4, -0.2) is 10.8 Å². The van der Waals surface area contributed by atoms with E-state index in [0.717, 1.165) is 40.6 Å². The Morgan fingerprint density at radius 3 is 2.72 bits per heavy atom. The van der Waals surface area contributed by atoms with Crippen molar-refractivity contribution in [3.8, 4) is 0 Å². The predicted molar refractivity (Wildman–Crippen MR) is 96.8 cm³/mol. The summed E-state index contributed by atoms with van der Waals surface area (Å²) in [6.45, 7) is 2.04. The Labute approximate surface area is 147 Å². The molecule has 0 aliphatic heterocycles. The van der Waals surface area contributed by atoms with Gasteiger partial charge >= 0.3 is 5.69 Å². The molecule has 3 rings (SSSR count). The molecule has 0 aliphatic carbocycles. The van der Waals surface area contributed by atoms with Gasteiger partial charge in [-0.25, -0.2) is 0 Å². The van der Waals surface area contributed by atoms with Crippen LogP contribution in [0.4, 0.5) is 15.8 Å². The summed E-state index contributed by atoms with van der Waals surface area (Å²) in [6, 6.07) is 11.1. The first-order valence-corrected chi connectivity index (χ1v) is 8.58. The number of fused-ring (bicyclic) bond motifs is 1. The molecule has 7 heteroatoms. The molecule has 5 nitrogen and oxygen atoms in total. The Bertz CT molecular complexity index is 968. The minimum Gasteiger partial charge on any atom is -0.321 e. The van der Waals surface area contributed by atoms with E-state index in [9.17, 15) is 19.3 Å². The average molecular weight is 358 g/mol. The monoisotopic (exact) mass is 358 g/mol. The summed E-state index contributed by atoms with van der Waals surface area (Å²) in [6.07, 6.45) is 1.66. The summed E-state index contributed by atoms with van der Waals surface area (Å²) in [7, 11) is 0. The normalized spacial score (nSPS) is 10.8. The van der Waals surface area contributed by atoms with Crippen molar-refractivity contribution < 1.29 is 14.1 Å². The summed E-state index contributed by atoms with van der Waals surface area (Å²) in [5.41, 5.74) is 0.544. The van der Waals surface area contributed by atoms with E-state index in [1.54, 1.807) is 0 Å². The van der Waals surface area contributed by atoms with Crippen molar-refractivity contribution in [3.05, 3.63) is 68.8 Å². The number of carbonyl (C=O) groups is 1. The van der Waals surface area contributed by atoms with Crippen LogP contribution in [0.2, 0.25) is 0 Å². The summed E-state index contributed by atoms with van der Waals surface area (Å²) >= 11 is 1.39. The molecule has 0 spiro atoms. The van der Waals surface area contributed by atoms with Crippen molar-refractivity contribution in [1.82, 2.24) is 0 Å². The minimum atomic E-state index is -0.979. The number of hydrogen-bond donors (Lipinski definition) is 1. The molecule has 25 heavy (non-hydrogen) atoms. The van der Waals surface area contributed by atoms with Crippen LogP contribution in [0, 0.1) is 15.9 Å². The Balaban J connectivity index is 1.93. The molecule has 0 saturated carbocycles. The Kier molecular flexibility index (Phi) is 4.76. The van der Waals surface area contributed by atoms with Gasteiger partial charge in [0.15, 0.2) is 0 Å². The van der Waals surface area contributed by atoms with Crippen LogP contribution in [0.15, 0.2) is 42.5 Å². The van der Waals surface area contributed by atoms with Crippen molar-refractivity contribution in [2.24, 2.45) is 0 Å². The molecule has 0 bridgehead atoms. The molecule has 0 unspecified atom stereocenters. The van der Waals surface area contributed by atoms with E-state index in [2.05, 4.69) is 5.32 Å². The number of anilines is 1. The number of carbonyl (C=O) groups excluding carboxylic acids is 1. The number of nitro groups is 1. The van der Waals surface area contributed by atoms with E-state index in [4.69, 9.17) is 0 Å². The maximum Gasteiger partial charge on any atom is 0.304 e. The van der Waals surface area contributed by atoms with Crippen LogP contribution in [0.3, 0.4) is 0 Å². The van der Waals surface area contributed by atoms with E-state index < -0.39 is 16.4 Å². The maximum atomic E-state index is 13.7. The van der Waals surface area contributed by atoms with Crippen LogP contribution in [-0.2, 0) is 6.42 Å². The van der Waals surface area contributed by atoms with Gasteiger partial charge in [-0.15, -0.1) is 11.3 Å². The second-order valence-corrected chi connectivity index (χ2v) is 6.59. The molecule has 2 aromatic carbocycles. The highest BCUT2D eigenvalue weighted by Crippen LogP contribution is 2.33. The van der Waals surface area contributed by atoms with E-state index in [-0.39, 0.29) is 11.6 Å². The number of rotatable bonds is 5. The number of hydrogen-bond acceptors (Lipinski definition) is 4. The molecule has 1 amide bonds. The number of nitrogens with one attached hydrogen (secondary N) is 1. The van der Waals surface area contributed by atoms with E-state index in [1.807, 2.05) is 31.2 Å². The molecule has 128 valence electrons. The van der Waals surface area contributed by atoms with Gasteiger partial charge in [-0.3, -0.25) is 14.9 Å². The summed E-state index contributed by atoms with van der Waals surface area (Å²) < 4.78 is 14.8. The molecular formula is C18H15FN2O3S. The highest BCUT2D eigenvalue weighted by atomic mass is 32.1. The lowest BCUT2D eigenvalue weighted by molar-refractivity contribution is -0.387. The van der Waals surface area contributed by atoms with E-state index in [0.29, 0.717) is 4.88 Å². The number of nitro benzene ring substituents is 1. The number of nitrogens with zero attached hydrogens (tertiary/aromatic N) is 1. The molecule has 0 radical (unpaired) electrons. The molecule has 1 heterocycles. The molecule has 1 aromatic heterocycles. The van der Waals surface area contributed by atoms with E-state index in [1.165, 1.54) is 17.4 Å². The molecule has 0 saturated heterocycles. The number of aryl methyl sites for hydroxylation is 1. The fraction of sp³-hybridized carbons (Fsp3) is 0.167. The standard InChI is InChI=1S/C18H15FN2O3S/c1-2-5-13-12-6-3-4-7-16(12)25-17(13)18(22)20-11-8-9-15(21(23)24)14(19)10-11/h3-4,6-10H,2,5H2,1H3,(H,20,22). The number of thiophene rings is 1. The van der Waals surface area contributed by atoms with Crippen molar-refractivity contribution in [2.75, 3.05) is 5.32 Å². The van der Waals surface area contributed by atoms with Gasteiger partial charge in [-0.1, -0.05) is 31.5 Å². The highest BCUT2D eigenvalue weighted by molar-refractivity contribution is 7.21. The lowest BCUT2D eigenvalue weighted by atomic mass is 10.1. The van der Waals surface area contributed by atoms with Crippen LogP contribution < -0.4 is 5.32 Å². The molecular weight excluding hydrogens is 343 g/mol. The van der Waals surface area contributed by atoms with Crippen LogP contribution in [0.5, 0.6) is 0 Å². The Hall–Kier alpha value is -2.80. The van der Waals surface area contributed by atoms with Gasteiger partial charge in [-0.2, -0.15) is 4.39 Å². The average Bonchev–Trinajstić information content (AvgIpc) is 2.94. The first-order valence-electron chi connectivity index (χ1n) is 7.77. The molecule has 0 fully saturated rings. The third-order valence-corrected chi connectivity index (χ3v) is 5.02. The van der Waals surface area contributed by atoms with Gasteiger partial charge in [0, 0.05) is 22.5 Å². The number of benzene rings is 2. The van der Waals surface area contributed by atoms with Crippen molar-refractivity contribution in [1.29, 1.82) is 0 Å². The Morgan fingerprint density at radius 1 is 1.28 bits per heavy atom. The van der Waals surface area contributed by atoms with Gasteiger partial charge in [0.2, 0.25) is 5.82 Å². The van der Waals surface area contributed by atoms with E-state index >= 15 is 0 Å². The SMILES string of the molecule is CCCc1c(C(=O)Nc2ccc([N+](=O)[O-])c(F)c2)sc2ccccc12. The number of halogens is 1. The smallest absolute Gasteiger partial charge is 0.304 e. The second-order valence-electron chi connectivity index (χ2n) is 5.53. The maximum absolute atomic E-state index is 13.7. The van der Waals surface area contributed by atoms with Crippen LogP contribution >= 0.6 is 11.3 Å². The first-order chi connectivity index (χ1) is 12.0. The number of amides is 1. The first kappa shape index (κ1) is 17.0. The van der Waals surface area contributed by atoms with Gasteiger partial charge in [0.1, 0.15) is 0 Å². The van der Waals surface area contributed by atoms with Gasteiger partial charge in [0.05, 0.1) is 9.80 Å². The predicted octanol–water partition coefficient (Wildman–Crippen LogP) is 5.15.